The monoisotopic (exact) mass is 295 g/mol. The smallest absolute Gasteiger partial charge is 0.227 e. The van der Waals surface area contributed by atoms with E-state index in [0.717, 1.165) is 11.3 Å². The fourth-order valence-corrected chi connectivity index (χ4v) is 4.49. The Morgan fingerprint density at radius 2 is 2.10 bits per heavy atom. The molecule has 1 unspecified atom stereocenters. The van der Waals surface area contributed by atoms with E-state index in [0.29, 0.717) is 26.1 Å². The second-order valence-corrected chi connectivity index (χ2v) is 7.54. The normalized spacial score (nSPS) is 24.6. The quantitative estimate of drug-likeness (QED) is 0.770. The van der Waals surface area contributed by atoms with Gasteiger partial charge in [-0.3, -0.25) is 4.79 Å². The van der Waals surface area contributed by atoms with Crippen molar-refractivity contribution in [1.82, 2.24) is 4.90 Å². The second kappa shape index (κ2) is 5.09. The first kappa shape index (κ1) is 13.4. The van der Waals surface area contributed by atoms with E-state index >= 15 is 0 Å². The minimum atomic E-state index is -3.03. The molecule has 0 spiro atoms. The van der Waals surface area contributed by atoms with E-state index in [4.69, 9.17) is 4.74 Å². The molecule has 0 N–H and O–H groups in total. The van der Waals surface area contributed by atoms with Gasteiger partial charge in [0.2, 0.25) is 5.91 Å². The third kappa shape index (κ3) is 2.65. The van der Waals surface area contributed by atoms with E-state index < -0.39 is 9.84 Å². The summed E-state index contributed by atoms with van der Waals surface area (Å²) in [5, 5.41) is 0. The number of hydrogen-bond donors (Lipinski definition) is 0. The number of carbonyl (C=O) groups excluding carboxylic acids is 1. The average molecular weight is 295 g/mol. The summed E-state index contributed by atoms with van der Waals surface area (Å²) in [5.41, 5.74) is 0.971. The molecule has 0 saturated carbocycles. The molecule has 20 heavy (non-hydrogen) atoms. The van der Waals surface area contributed by atoms with Crippen LogP contribution in [0.2, 0.25) is 0 Å². The van der Waals surface area contributed by atoms with Gasteiger partial charge >= 0.3 is 0 Å². The van der Waals surface area contributed by atoms with Crippen LogP contribution in [-0.4, -0.2) is 43.9 Å². The molecule has 3 rings (SSSR count). The number of para-hydroxylation sites is 1. The lowest BCUT2D eigenvalue weighted by Crippen LogP contribution is -2.37. The Bertz CT molecular complexity index is 626. The molecule has 2 heterocycles. The summed E-state index contributed by atoms with van der Waals surface area (Å²) in [6.07, 6.45) is 0.445. The standard InChI is InChI=1S/C14H17NO4S/c16-14(12-5-8-20(17,18)10-12)15-6-7-19-13-4-2-1-3-11(13)9-15/h1-4,12H,5-10H2. The van der Waals surface area contributed by atoms with E-state index in [1.807, 2.05) is 24.3 Å². The minimum absolute atomic E-state index is 0.00909. The van der Waals surface area contributed by atoms with Crippen molar-refractivity contribution in [2.24, 2.45) is 5.92 Å². The maximum atomic E-state index is 12.5. The van der Waals surface area contributed by atoms with Gasteiger partial charge in [-0.2, -0.15) is 0 Å². The Kier molecular flexibility index (Phi) is 3.41. The average Bonchev–Trinajstić information content (AvgIpc) is 2.67. The Balaban J connectivity index is 1.76. The van der Waals surface area contributed by atoms with Crippen molar-refractivity contribution in [3.05, 3.63) is 29.8 Å². The Labute approximate surface area is 118 Å². The van der Waals surface area contributed by atoms with Gasteiger partial charge in [-0.15, -0.1) is 0 Å². The molecular formula is C14H17NO4S. The first-order chi connectivity index (χ1) is 9.55. The number of sulfone groups is 1. The molecule has 0 radical (unpaired) electrons. The zero-order valence-electron chi connectivity index (χ0n) is 11.1. The van der Waals surface area contributed by atoms with Crippen LogP contribution in [-0.2, 0) is 21.2 Å². The van der Waals surface area contributed by atoms with Crippen molar-refractivity contribution in [1.29, 1.82) is 0 Å². The molecule has 1 aromatic rings. The van der Waals surface area contributed by atoms with Crippen molar-refractivity contribution < 1.29 is 17.9 Å². The van der Waals surface area contributed by atoms with Gasteiger partial charge in [-0.1, -0.05) is 18.2 Å². The number of amides is 1. The maximum absolute atomic E-state index is 12.5. The van der Waals surface area contributed by atoms with Crippen molar-refractivity contribution in [3.8, 4) is 5.75 Å². The lowest BCUT2D eigenvalue weighted by molar-refractivity contribution is -0.135. The van der Waals surface area contributed by atoms with Crippen molar-refractivity contribution in [3.63, 3.8) is 0 Å². The molecule has 1 fully saturated rings. The molecule has 1 aromatic carbocycles. The summed E-state index contributed by atoms with van der Waals surface area (Å²) in [5.74, 6) is 0.480. The molecule has 6 heteroatoms. The predicted octanol–water partition coefficient (Wildman–Crippen LogP) is 0.842. The number of fused-ring (bicyclic) bond motifs is 1. The van der Waals surface area contributed by atoms with Gasteiger partial charge < -0.3 is 9.64 Å². The van der Waals surface area contributed by atoms with Crippen LogP contribution in [0.5, 0.6) is 5.75 Å². The molecule has 1 saturated heterocycles. The Morgan fingerprint density at radius 1 is 1.30 bits per heavy atom. The largest absolute Gasteiger partial charge is 0.491 e. The van der Waals surface area contributed by atoms with Gasteiger partial charge in [-0.25, -0.2) is 8.42 Å². The van der Waals surface area contributed by atoms with Crippen LogP contribution in [0.4, 0.5) is 0 Å². The van der Waals surface area contributed by atoms with Crippen molar-refractivity contribution in [2.75, 3.05) is 24.7 Å². The molecule has 5 nitrogen and oxygen atoms in total. The van der Waals surface area contributed by atoms with E-state index in [1.165, 1.54) is 0 Å². The summed E-state index contributed by atoms with van der Waals surface area (Å²) < 4.78 is 28.6. The third-order valence-electron chi connectivity index (χ3n) is 3.85. The minimum Gasteiger partial charge on any atom is -0.491 e. The molecular weight excluding hydrogens is 278 g/mol. The number of ether oxygens (including phenoxy) is 1. The van der Waals surface area contributed by atoms with Gasteiger partial charge in [0.1, 0.15) is 12.4 Å². The molecule has 108 valence electrons. The number of hydrogen-bond acceptors (Lipinski definition) is 4. The molecule has 1 amide bonds. The molecule has 2 aliphatic rings. The van der Waals surface area contributed by atoms with Crippen LogP contribution in [0.1, 0.15) is 12.0 Å². The van der Waals surface area contributed by atoms with E-state index in [9.17, 15) is 13.2 Å². The summed E-state index contributed by atoms with van der Waals surface area (Å²) in [6.45, 7) is 1.44. The lowest BCUT2D eigenvalue weighted by atomic mass is 10.1. The highest BCUT2D eigenvalue weighted by Crippen LogP contribution is 2.26. The first-order valence-electron chi connectivity index (χ1n) is 6.75. The highest BCUT2D eigenvalue weighted by atomic mass is 32.2. The summed E-state index contributed by atoms with van der Waals surface area (Å²) in [4.78, 5) is 14.2. The molecule has 0 bridgehead atoms. The highest BCUT2D eigenvalue weighted by molar-refractivity contribution is 7.91. The summed E-state index contributed by atoms with van der Waals surface area (Å²) in [7, 11) is -3.03. The number of benzene rings is 1. The highest BCUT2D eigenvalue weighted by Gasteiger charge is 2.35. The van der Waals surface area contributed by atoms with Gasteiger partial charge in [0, 0.05) is 12.1 Å². The van der Waals surface area contributed by atoms with Crippen molar-refractivity contribution >= 4 is 15.7 Å². The molecule has 0 aliphatic carbocycles. The zero-order chi connectivity index (χ0) is 14.2. The van der Waals surface area contributed by atoms with Crippen LogP contribution >= 0.6 is 0 Å². The maximum Gasteiger partial charge on any atom is 0.227 e. The van der Waals surface area contributed by atoms with Gasteiger partial charge in [-0.05, 0) is 12.5 Å². The fraction of sp³-hybridized carbons (Fsp3) is 0.500. The van der Waals surface area contributed by atoms with Gasteiger partial charge in [0.25, 0.3) is 0 Å². The SMILES string of the molecule is O=C(C1CCS(=O)(=O)C1)N1CCOc2ccccc2C1. The van der Waals surface area contributed by atoms with Crippen LogP contribution in [0, 0.1) is 5.92 Å². The predicted molar refractivity (Wildman–Crippen MR) is 74.1 cm³/mol. The van der Waals surface area contributed by atoms with Crippen molar-refractivity contribution in [2.45, 2.75) is 13.0 Å². The van der Waals surface area contributed by atoms with Crippen LogP contribution in [0.25, 0.3) is 0 Å². The number of rotatable bonds is 1. The van der Waals surface area contributed by atoms with Gasteiger partial charge in [0.15, 0.2) is 9.84 Å². The zero-order valence-corrected chi connectivity index (χ0v) is 11.9. The number of nitrogens with zero attached hydrogens (tertiary/aromatic N) is 1. The summed E-state index contributed by atoms with van der Waals surface area (Å²) >= 11 is 0. The Hall–Kier alpha value is -1.56. The first-order valence-corrected chi connectivity index (χ1v) is 8.57. The summed E-state index contributed by atoms with van der Waals surface area (Å²) in [6, 6.07) is 7.64. The molecule has 2 aliphatic heterocycles. The molecule has 0 aromatic heterocycles. The van der Waals surface area contributed by atoms with E-state index in [-0.39, 0.29) is 23.3 Å². The molecule has 1 atom stereocenters. The van der Waals surface area contributed by atoms with E-state index in [2.05, 4.69) is 0 Å². The van der Waals surface area contributed by atoms with Gasteiger partial charge in [0.05, 0.1) is 24.0 Å². The third-order valence-corrected chi connectivity index (χ3v) is 5.61. The Morgan fingerprint density at radius 3 is 2.85 bits per heavy atom. The van der Waals surface area contributed by atoms with Crippen LogP contribution in [0.3, 0.4) is 0 Å². The second-order valence-electron chi connectivity index (χ2n) is 5.32. The fourth-order valence-electron chi connectivity index (χ4n) is 2.76. The van der Waals surface area contributed by atoms with Crippen LogP contribution < -0.4 is 4.74 Å². The van der Waals surface area contributed by atoms with E-state index in [1.54, 1.807) is 4.90 Å². The topological polar surface area (TPSA) is 63.7 Å². The number of carbonyl (C=O) groups is 1. The lowest BCUT2D eigenvalue weighted by Gasteiger charge is -2.22. The van der Waals surface area contributed by atoms with Crippen LogP contribution in [0.15, 0.2) is 24.3 Å².